The molecule has 0 radical (unpaired) electrons. The van der Waals surface area contributed by atoms with E-state index in [2.05, 4.69) is 10.1 Å². The van der Waals surface area contributed by atoms with E-state index in [-0.39, 0.29) is 11.5 Å². The highest BCUT2D eigenvalue weighted by atomic mass is 16.5. The molecular formula is C14H17NO6. The molecule has 1 rings (SSSR count). The highest BCUT2D eigenvalue weighted by Crippen LogP contribution is 2.29. The van der Waals surface area contributed by atoms with Crippen molar-refractivity contribution in [2.45, 2.75) is 13.0 Å². The number of phenols is 1. The lowest BCUT2D eigenvalue weighted by Gasteiger charge is -2.17. The van der Waals surface area contributed by atoms with Crippen molar-refractivity contribution in [2.75, 3.05) is 14.2 Å². The minimum atomic E-state index is -1.14. The molecule has 0 unspecified atom stereocenters. The number of hydrogen-bond donors (Lipinski definition) is 3. The van der Waals surface area contributed by atoms with Gasteiger partial charge in [-0.3, -0.25) is 0 Å². The molecule has 0 bridgehead atoms. The maximum Gasteiger partial charge on any atom is 0.332 e. The number of esters is 1. The third kappa shape index (κ3) is 4.41. The van der Waals surface area contributed by atoms with Crippen molar-refractivity contribution in [3.63, 3.8) is 0 Å². The van der Waals surface area contributed by atoms with Gasteiger partial charge in [0, 0.05) is 11.8 Å². The summed E-state index contributed by atoms with van der Waals surface area (Å²) in [6.45, 7) is 1.55. The highest BCUT2D eigenvalue weighted by molar-refractivity contribution is 5.83. The van der Waals surface area contributed by atoms with Gasteiger partial charge in [-0.05, 0) is 24.6 Å². The molecule has 1 aromatic carbocycles. The molecule has 0 saturated heterocycles. The number of carboxylic acid groups (broad SMARTS) is 1. The zero-order valence-corrected chi connectivity index (χ0v) is 11.9. The quantitative estimate of drug-likeness (QED) is 0.535. The Morgan fingerprint density at radius 1 is 1.33 bits per heavy atom. The van der Waals surface area contributed by atoms with Crippen molar-refractivity contribution in [1.29, 1.82) is 0 Å². The Kier molecular flexibility index (Phi) is 5.59. The molecule has 0 aliphatic rings. The number of hydrogen-bond acceptors (Lipinski definition) is 6. The van der Waals surface area contributed by atoms with Crippen LogP contribution in [0.3, 0.4) is 0 Å². The topological polar surface area (TPSA) is 105 Å². The molecule has 21 heavy (non-hydrogen) atoms. The van der Waals surface area contributed by atoms with E-state index in [4.69, 9.17) is 4.74 Å². The normalized spacial score (nSPS) is 12.4. The molecule has 3 N–H and O–H groups in total. The summed E-state index contributed by atoms with van der Waals surface area (Å²) >= 11 is 0. The van der Waals surface area contributed by atoms with Gasteiger partial charge in [-0.1, -0.05) is 6.07 Å². The molecule has 1 atom stereocenters. The molecule has 7 heteroatoms. The van der Waals surface area contributed by atoms with Gasteiger partial charge < -0.3 is 25.0 Å². The largest absolute Gasteiger partial charge is 0.504 e. The summed E-state index contributed by atoms with van der Waals surface area (Å²) in [6.07, 6.45) is 1.15. The smallest absolute Gasteiger partial charge is 0.332 e. The molecule has 0 amide bonds. The number of rotatable bonds is 6. The minimum Gasteiger partial charge on any atom is -0.504 e. The maximum atomic E-state index is 11.4. The number of carboxylic acids is 1. The number of methoxy groups -OCH3 is 2. The molecule has 0 aliphatic carbocycles. The molecule has 1 aromatic rings. The van der Waals surface area contributed by atoms with Crippen LogP contribution in [-0.4, -0.2) is 36.4 Å². The monoisotopic (exact) mass is 295 g/mol. The van der Waals surface area contributed by atoms with Gasteiger partial charge in [0.25, 0.3) is 0 Å². The zero-order chi connectivity index (χ0) is 16.0. The van der Waals surface area contributed by atoms with Gasteiger partial charge in [0.1, 0.15) is 0 Å². The predicted molar refractivity (Wildman–Crippen MR) is 73.9 cm³/mol. The fraction of sp³-hybridized carbons (Fsp3) is 0.286. The van der Waals surface area contributed by atoms with Crippen LogP contribution in [0.2, 0.25) is 0 Å². The van der Waals surface area contributed by atoms with Gasteiger partial charge >= 0.3 is 11.9 Å². The number of ether oxygens (including phenoxy) is 2. The van der Waals surface area contributed by atoms with Crippen molar-refractivity contribution in [2.24, 2.45) is 0 Å². The van der Waals surface area contributed by atoms with E-state index in [1.54, 1.807) is 6.92 Å². The lowest BCUT2D eigenvalue weighted by molar-refractivity contribution is -0.139. The molecular weight excluding hydrogens is 278 g/mol. The lowest BCUT2D eigenvalue weighted by atomic mass is 10.1. The summed E-state index contributed by atoms with van der Waals surface area (Å²) in [5, 5.41) is 21.5. The number of nitrogens with one attached hydrogen (secondary N) is 1. The van der Waals surface area contributed by atoms with Crippen molar-refractivity contribution in [1.82, 2.24) is 5.32 Å². The Bertz CT molecular complexity index is 567. The summed E-state index contributed by atoms with van der Waals surface area (Å²) in [4.78, 5) is 22.5. The molecule has 0 saturated carbocycles. The minimum absolute atomic E-state index is 0.0905. The first-order valence-electron chi connectivity index (χ1n) is 6.01. The Balaban J connectivity index is 3.05. The van der Waals surface area contributed by atoms with Gasteiger partial charge in [0.15, 0.2) is 17.5 Å². The van der Waals surface area contributed by atoms with Crippen LogP contribution >= 0.6 is 0 Å². The van der Waals surface area contributed by atoms with E-state index >= 15 is 0 Å². The van der Waals surface area contributed by atoms with Crippen molar-refractivity contribution in [3.8, 4) is 11.5 Å². The average molecular weight is 295 g/mol. The van der Waals surface area contributed by atoms with E-state index in [1.165, 1.54) is 32.4 Å². The van der Waals surface area contributed by atoms with Gasteiger partial charge in [-0.2, -0.15) is 0 Å². The maximum absolute atomic E-state index is 11.4. The van der Waals surface area contributed by atoms with Crippen LogP contribution in [0.5, 0.6) is 11.5 Å². The van der Waals surface area contributed by atoms with Crippen LogP contribution in [0.4, 0.5) is 0 Å². The SMILES string of the molecule is COC(=O)C=C(C)N[C@@H](C(=O)O)c1ccc(O)c(OC)c1. The average Bonchev–Trinajstić information content (AvgIpc) is 2.45. The molecule has 7 nitrogen and oxygen atoms in total. The van der Waals surface area contributed by atoms with Crippen LogP contribution in [-0.2, 0) is 14.3 Å². The van der Waals surface area contributed by atoms with Gasteiger partial charge in [-0.25, -0.2) is 9.59 Å². The van der Waals surface area contributed by atoms with Crippen LogP contribution in [0.15, 0.2) is 30.0 Å². The Hall–Kier alpha value is -2.70. The summed E-state index contributed by atoms with van der Waals surface area (Å²) < 4.78 is 9.41. The third-order valence-corrected chi connectivity index (χ3v) is 2.69. The van der Waals surface area contributed by atoms with E-state index in [0.29, 0.717) is 11.3 Å². The number of carbonyl (C=O) groups is 2. The number of aliphatic carboxylic acids is 1. The number of benzene rings is 1. The highest BCUT2D eigenvalue weighted by Gasteiger charge is 2.21. The first kappa shape index (κ1) is 16.4. The van der Waals surface area contributed by atoms with E-state index < -0.39 is 18.0 Å². The molecule has 0 fully saturated rings. The number of aromatic hydroxyl groups is 1. The van der Waals surface area contributed by atoms with Crippen LogP contribution in [0.25, 0.3) is 0 Å². The molecule has 0 aliphatic heterocycles. The first-order chi connectivity index (χ1) is 9.88. The summed E-state index contributed by atoms with van der Waals surface area (Å²) in [7, 11) is 2.59. The Morgan fingerprint density at radius 2 is 2.00 bits per heavy atom. The Morgan fingerprint density at radius 3 is 2.52 bits per heavy atom. The number of carbonyl (C=O) groups excluding carboxylic acids is 1. The first-order valence-corrected chi connectivity index (χ1v) is 6.01. The van der Waals surface area contributed by atoms with Crippen LogP contribution in [0.1, 0.15) is 18.5 Å². The van der Waals surface area contributed by atoms with E-state index in [0.717, 1.165) is 6.08 Å². The van der Waals surface area contributed by atoms with Crippen LogP contribution < -0.4 is 10.1 Å². The molecule has 0 spiro atoms. The zero-order valence-electron chi connectivity index (χ0n) is 11.9. The van der Waals surface area contributed by atoms with Gasteiger partial charge in [0.05, 0.1) is 14.2 Å². The fourth-order valence-corrected chi connectivity index (χ4v) is 1.67. The number of phenolic OH excluding ortho intramolecular Hbond substituents is 1. The van der Waals surface area contributed by atoms with Crippen molar-refractivity contribution >= 4 is 11.9 Å². The van der Waals surface area contributed by atoms with Crippen molar-refractivity contribution in [3.05, 3.63) is 35.5 Å². The molecule has 0 heterocycles. The standard InChI is InChI=1S/C14H17NO6/c1-8(6-12(17)21-3)15-13(14(18)19)9-4-5-10(16)11(7-9)20-2/h4-7,13,15-16H,1-3H3,(H,18,19)/t13-/m1/s1. The summed E-state index contributed by atoms with van der Waals surface area (Å²) in [5.74, 6) is -1.66. The molecule has 114 valence electrons. The Labute approximate surface area is 121 Å². The molecule has 0 aromatic heterocycles. The second-order valence-corrected chi connectivity index (χ2v) is 4.20. The predicted octanol–water partition coefficient (Wildman–Crippen LogP) is 1.19. The van der Waals surface area contributed by atoms with Gasteiger partial charge in [-0.15, -0.1) is 0 Å². The van der Waals surface area contributed by atoms with Gasteiger partial charge in [0.2, 0.25) is 0 Å². The second kappa shape index (κ2) is 7.18. The van der Waals surface area contributed by atoms with Crippen molar-refractivity contribution < 1.29 is 29.3 Å². The van der Waals surface area contributed by atoms with Crippen LogP contribution in [0, 0.1) is 0 Å². The lowest BCUT2D eigenvalue weighted by Crippen LogP contribution is -2.27. The summed E-state index contributed by atoms with van der Waals surface area (Å²) in [6, 6.07) is 3.10. The fourth-order valence-electron chi connectivity index (χ4n) is 1.67. The number of allylic oxidation sites excluding steroid dienone is 1. The van der Waals surface area contributed by atoms with E-state index in [9.17, 15) is 19.8 Å². The third-order valence-electron chi connectivity index (χ3n) is 2.69. The van der Waals surface area contributed by atoms with E-state index in [1.807, 2.05) is 0 Å². The summed E-state index contributed by atoms with van der Waals surface area (Å²) in [5.41, 5.74) is 0.705. The second-order valence-electron chi connectivity index (χ2n) is 4.20.